The second-order valence-electron chi connectivity index (χ2n) is 7.93. The molecule has 3 rings (SSSR count). The number of amides is 2. The maximum atomic E-state index is 11.8. The maximum Gasteiger partial charge on any atom is 0.319 e. The minimum absolute atomic E-state index is 0. The monoisotopic (exact) mass is 570 g/mol. The minimum atomic E-state index is -0.200. The van der Waals surface area contributed by atoms with Crippen molar-refractivity contribution in [2.45, 2.75) is 38.9 Å². The van der Waals surface area contributed by atoms with Crippen LogP contribution in [0.25, 0.3) is 0 Å². The standard InChI is InChI=1S/C23H31ClN6O.HI/c1-16(2)27-23(31)29-19-9-7-17(8-10-19)14-26-22(25-3)28-20-11-12-30(15-20)21-6-4-5-18(24)13-21;/h4-10,13,16,20H,11-12,14-15H2,1-3H3,(H2,25,26,28)(H2,27,29,31);1H. The van der Waals surface area contributed by atoms with E-state index in [0.717, 1.165) is 47.4 Å². The lowest BCUT2D eigenvalue weighted by molar-refractivity contribution is 0.250. The first kappa shape index (κ1) is 26.1. The molecule has 1 heterocycles. The van der Waals surface area contributed by atoms with Crippen LogP contribution in [0.15, 0.2) is 53.5 Å². The van der Waals surface area contributed by atoms with Crippen molar-refractivity contribution in [2.75, 3.05) is 30.4 Å². The minimum Gasteiger partial charge on any atom is -0.369 e. The Hall–Kier alpha value is -2.20. The zero-order valence-electron chi connectivity index (χ0n) is 18.7. The fraction of sp³-hybridized carbons (Fsp3) is 0.391. The number of carbonyl (C=O) groups excluding carboxylic acids is 1. The van der Waals surface area contributed by atoms with E-state index in [1.165, 1.54) is 0 Å². The number of carbonyl (C=O) groups is 1. The van der Waals surface area contributed by atoms with Gasteiger partial charge in [0.15, 0.2) is 5.96 Å². The van der Waals surface area contributed by atoms with Crippen molar-refractivity contribution in [3.63, 3.8) is 0 Å². The number of nitrogens with one attached hydrogen (secondary N) is 4. The van der Waals surface area contributed by atoms with Gasteiger partial charge in [-0.1, -0.05) is 29.8 Å². The molecule has 2 amide bonds. The summed E-state index contributed by atoms with van der Waals surface area (Å²) in [5.74, 6) is 0.774. The third-order valence-electron chi connectivity index (χ3n) is 5.02. The Kier molecular flexibility index (Phi) is 10.4. The van der Waals surface area contributed by atoms with Gasteiger partial charge in [0.25, 0.3) is 0 Å². The molecule has 7 nitrogen and oxygen atoms in total. The van der Waals surface area contributed by atoms with Gasteiger partial charge in [0.05, 0.1) is 0 Å². The van der Waals surface area contributed by atoms with Crippen LogP contribution >= 0.6 is 35.6 Å². The molecule has 9 heteroatoms. The van der Waals surface area contributed by atoms with Gasteiger partial charge in [-0.15, -0.1) is 24.0 Å². The number of urea groups is 1. The highest BCUT2D eigenvalue weighted by Crippen LogP contribution is 2.23. The summed E-state index contributed by atoms with van der Waals surface area (Å²) in [6, 6.07) is 15.9. The van der Waals surface area contributed by atoms with E-state index in [2.05, 4.69) is 37.2 Å². The molecular weight excluding hydrogens is 539 g/mol. The van der Waals surface area contributed by atoms with Crippen LogP contribution in [0.5, 0.6) is 0 Å². The molecule has 0 spiro atoms. The van der Waals surface area contributed by atoms with E-state index in [1.54, 1.807) is 7.05 Å². The van der Waals surface area contributed by atoms with E-state index in [4.69, 9.17) is 11.6 Å². The molecule has 1 atom stereocenters. The van der Waals surface area contributed by atoms with Gasteiger partial charge < -0.3 is 26.2 Å². The first-order chi connectivity index (χ1) is 14.9. The summed E-state index contributed by atoms with van der Waals surface area (Å²) in [7, 11) is 1.78. The van der Waals surface area contributed by atoms with Crippen LogP contribution in [-0.4, -0.2) is 44.2 Å². The van der Waals surface area contributed by atoms with Gasteiger partial charge in [0.2, 0.25) is 0 Å². The quantitative estimate of drug-likeness (QED) is 0.235. The molecular formula is C23H32ClIN6O. The molecule has 1 saturated heterocycles. The summed E-state index contributed by atoms with van der Waals surface area (Å²) in [5.41, 5.74) is 3.01. The van der Waals surface area contributed by atoms with Gasteiger partial charge in [-0.25, -0.2) is 4.79 Å². The normalized spacial score (nSPS) is 15.8. The molecule has 2 aromatic rings. The molecule has 0 bridgehead atoms. The van der Waals surface area contributed by atoms with Crippen LogP contribution < -0.4 is 26.2 Å². The second-order valence-corrected chi connectivity index (χ2v) is 8.37. The molecule has 1 aliphatic heterocycles. The summed E-state index contributed by atoms with van der Waals surface area (Å²) in [4.78, 5) is 18.5. The Morgan fingerprint density at radius 3 is 2.62 bits per heavy atom. The lowest BCUT2D eigenvalue weighted by Crippen LogP contribution is -2.44. The Morgan fingerprint density at radius 1 is 1.22 bits per heavy atom. The predicted octanol–water partition coefficient (Wildman–Crippen LogP) is 4.43. The smallest absolute Gasteiger partial charge is 0.319 e. The third kappa shape index (κ3) is 8.05. The molecule has 32 heavy (non-hydrogen) atoms. The molecule has 0 radical (unpaired) electrons. The highest BCUT2D eigenvalue weighted by atomic mass is 127. The molecule has 1 unspecified atom stereocenters. The topological polar surface area (TPSA) is 80.8 Å². The number of rotatable bonds is 6. The molecule has 0 saturated carbocycles. The number of anilines is 2. The molecule has 0 aromatic heterocycles. The van der Waals surface area contributed by atoms with E-state index >= 15 is 0 Å². The lowest BCUT2D eigenvalue weighted by atomic mass is 10.2. The van der Waals surface area contributed by atoms with Gasteiger partial charge in [-0.2, -0.15) is 0 Å². The number of guanidine groups is 1. The summed E-state index contributed by atoms with van der Waals surface area (Å²) < 4.78 is 0. The Bertz CT molecular complexity index is 906. The molecule has 174 valence electrons. The lowest BCUT2D eigenvalue weighted by Gasteiger charge is -2.20. The van der Waals surface area contributed by atoms with Gasteiger partial charge in [-0.3, -0.25) is 4.99 Å². The van der Waals surface area contributed by atoms with Crippen LogP contribution in [0.2, 0.25) is 5.02 Å². The summed E-state index contributed by atoms with van der Waals surface area (Å²) in [6.07, 6.45) is 1.03. The molecule has 1 aliphatic rings. The van der Waals surface area contributed by atoms with Crippen LogP contribution in [0.3, 0.4) is 0 Å². The zero-order valence-corrected chi connectivity index (χ0v) is 21.8. The van der Waals surface area contributed by atoms with Gasteiger partial charge >= 0.3 is 6.03 Å². The maximum absolute atomic E-state index is 11.8. The fourth-order valence-electron chi connectivity index (χ4n) is 3.49. The summed E-state index contributed by atoms with van der Waals surface area (Å²) in [6.45, 7) is 6.38. The van der Waals surface area contributed by atoms with Crippen molar-refractivity contribution in [1.29, 1.82) is 0 Å². The number of nitrogens with zero attached hydrogens (tertiary/aromatic N) is 2. The third-order valence-corrected chi connectivity index (χ3v) is 5.25. The zero-order chi connectivity index (χ0) is 22.2. The second kappa shape index (κ2) is 12.7. The highest BCUT2D eigenvalue weighted by Gasteiger charge is 2.23. The van der Waals surface area contributed by atoms with E-state index < -0.39 is 0 Å². The summed E-state index contributed by atoms with van der Waals surface area (Å²) >= 11 is 6.13. The number of aliphatic imine (C=N–C) groups is 1. The van der Waals surface area contributed by atoms with Gasteiger partial charge in [0, 0.05) is 55.2 Å². The molecule has 2 aromatic carbocycles. The van der Waals surface area contributed by atoms with Crippen LogP contribution in [0.4, 0.5) is 16.2 Å². The Labute approximate surface area is 212 Å². The van der Waals surface area contributed by atoms with Crippen molar-refractivity contribution in [3.8, 4) is 0 Å². The van der Waals surface area contributed by atoms with Crippen LogP contribution in [0.1, 0.15) is 25.8 Å². The average Bonchev–Trinajstić information content (AvgIpc) is 3.20. The number of halogens is 2. The first-order valence-corrected chi connectivity index (χ1v) is 10.9. The molecule has 1 fully saturated rings. The number of hydrogen-bond acceptors (Lipinski definition) is 3. The van der Waals surface area contributed by atoms with Crippen LogP contribution in [-0.2, 0) is 6.54 Å². The molecule has 4 N–H and O–H groups in total. The van der Waals surface area contributed by atoms with E-state index in [9.17, 15) is 4.79 Å². The first-order valence-electron chi connectivity index (χ1n) is 10.6. The van der Waals surface area contributed by atoms with Crippen molar-refractivity contribution in [2.24, 2.45) is 4.99 Å². The van der Waals surface area contributed by atoms with Gasteiger partial charge in [0.1, 0.15) is 0 Å². The largest absolute Gasteiger partial charge is 0.369 e. The van der Waals surface area contributed by atoms with E-state index in [-0.39, 0.29) is 36.0 Å². The SMILES string of the molecule is CN=C(NCc1ccc(NC(=O)NC(C)C)cc1)NC1CCN(c2cccc(Cl)c2)C1.I. The Morgan fingerprint density at radius 2 is 1.97 bits per heavy atom. The van der Waals surface area contributed by atoms with Gasteiger partial charge in [-0.05, 0) is 56.2 Å². The Balaban J connectivity index is 0.00000363. The van der Waals surface area contributed by atoms with Crippen molar-refractivity contribution in [1.82, 2.24) is 16.0 Å². The number of hydrogen-bond donors (Lipinski definition) is 4. The average molecular weight is 571 g/mol. The highest BCUT2D eigenvalue weighted by molar-refractivity contribution is 14.0. The van der Waals surface area contributed by atoms with E-state index in [0.29, 0.717) is 12.6 Å². The van der Waals surface area contributed by atoms with Crippen molar-refractivity contribution < 1.29 is 4.79 Å². The van der Waals surface area contributed by atoms with Crippen LogP contribution in [0, 0.1) is 0 Å². The molecule has 0 aliphatic carbocycles. The van der Waals surface area contributed by atoms with Crippen molar-refractivity contribution >= 4 is 58.9 Å². The summed E-state index contributed by atoms with van der Waals surface area (Å²) in [5, 5.41) is 13.3. The van der Waals surface area contributed by atoms with Crippen molar-refractivity contribution in [3.05, 3.63) is 59.1 Å². The fourth-order valence-corrected chi connectivity index (χ4v) is 3.68. The predicted molar refractivity (Wildman–Crippen MR) is 145 cm³/mol. The van der Waals surface area contributed by atoms with E-state index in [1.807, 2.05) is 56.3 Å². The number of benzene rings is 2.